The number of nitrogens with one attached hydrogen (secondary N) is 1. The second kappa shape index (κ2) is 10.1. The molecule has 4 rings (SSSR count). The van der Waals surface area contributed by atoms with Crippen LogP contribution < -0.4 is 5.32 Å². The number of rotatable bonds is 9. The van der Waals surface area contributed by atoms with Crippen molar-refractivity contribution in [2.24, 2.45) is 0 Å². The van der Waals surface area contributed by atoms with Gasteiger partial charge < -0.3 is 15.0 Å². The summed E-state index contributed by atoms with van der Waals surface area (Å²) in [6, 6.07) is 28.2. The van der Waals surface area contributed by atoms with Crippen LogP contribution in [0.3, 0.4) is 0 Å². The first kappa shape index (κ1) is 20.9. The highest BCUT2D eigenvalue weighted by Gasteiger charge is 2.17. The van der Waals surface area contributed by atoms with Gasteiger partial charge in [0.1, 0.15) is 0 Å². The van der Waals surface area contributed by atoms with E-state index in [1.807, 2.05) is 36.4 Å². The number of para-hydroxylation sites is 1. The van der Waals surface area contributed by atoms with Crippen LogP contribution in [0.1, 0.15) is 33.6 Å². The van der Waals surface area contributed by atoms with Gasteiger partial charge in [0.05, 0.1) is 0 Å². The second-order valence-electron chi connectivity index (χ2n) is 7.71. The maximum atomic E-state index is 12.5. The van der Waals surface area contributed by atoms with Gasteiger partial charge >= 0.3 is 0 Å². The standard InChI is InChI=1S/C27H28N2O2/c30-19-9-16-26-24(17-18-28-27(31)22-12-5-2-6-13-22)23-14-7-8-15-25(23)29(26)20-21-10-3-1-4-11-21/h1-8,10-15,30H,9,16-20H2,(H,28,31). The monoisotopic (exact) mass is 412 g/mol. The number of benzene rings is 3. The molecule has 3 aromatic carbocycles. The van der Waals surface area contributed by atoms with Crippen LogP contribution in [-0.2, 0) is 19.4 Å². The normalized spacial score (nSPS) is 11.0. The Labute approximate surface area is 183 Å². The van der Waals surface area contributed by atoms with Gasteiger partial charge in [-0.25, -0.2) is 0 Å². The molecule has 0 aliphatic heterocycles. The fraction of sp³-hybridized carbons (Fsp3) is 0.222. The Hall–Kier alpha value is -3.37. The smallest absolute Gasteiger partial charge is 0.251 e. The summed E-state index contributed by atoms with van der Waals surface area (Å²) in [6.45, 7) is 1.52. The first-order chi connectivity index (χ1) is 15.3. The predicted octanol–water partition coefficient (Wildman–Crippen LogP) is 4.59. The molecule has 0 saturated heterocycles. The van der Waals surface area contributed by atoms with E-state index in [1.165, 1.54) is 27.7 Å². The number of amides is 1. The van der Waals surface area contributed by atoms with E-state index < -0.39 is 0 Å². The second-order valence-corrected chi connectivity index (χ2v) is 7.71. The van der Waals surface area contributed by atoms with Gasteiger partial charge in [-0.15, -0.1) is 0 Å². The first-order valence-corrected chi connectivity index (χ1v) is 10.8. The number of fused-ring (bicyclic) bond motifs is 1. The van der Waals surface area contributed by atoms with E-state index in [4.69, 9.17) is 0 Å². The molecule has 0 fully saturated rings. The number of nitrogens with zero attached hydrogens (tertiary/aromatic N) is 1. The summed E-state index contributed by atoms with van der Waals surface area (Å²) >= 11 is 0. The molecular formula is C27H28N2O2. The fourth-order valence-corrected chi connectivity index (χ4v) is 4.18. The highest BCUT2D eigenvalue weighted by molar-refractivity contribution is 5.94. The van der Waals surface area contributed by atoms with Crippen LogP contribution in [0.15, 0.2) is 84.9 Å². The number of carbonyl (C=O) groups is 1. The third kappa shape index (κ3) is 4.86. The van der Waals surface area contributed by atoms with E-state index >= 15 is 0 Å². The molecule has 0 saturated carbocycles. The summed E-state index contributed by atoms with van der Waals surface area (Å²) in [5.74, 6) is -0.0504. The molecule has 1 amide bonds. The van der Waals surface area contributed by atoms with Crippen LogP contribution in [0.25, 0.3) is 10.9 Å². The van der Waals surface area contributed by atoms with Crippen LogP contribution in [-0.4, -0.2) is 28.7 Å². The van der Waals surface area contributed by atoms with Gasteiger partial charge in [0.15, 0.2) is 0 Å². The van der Waals surface area contributed by atoms with Crippen LogP contribution in [0, 0.1) is 0 Å². The van der Waals surface area contributed by atoms with Crippen LogP contribution in [0.5, 0.6) is 0 Å². The highest BCUT2D eigenvalue weighted by atomic mass is 16.2. The van der Waals surface area contributed by atoms with Gasteiger partial charge in [-0.05, 0) is 48.6 Å². The minimum atomic E-state index is -0.0504. The summed E-state index contributed by atoms with van der Waals surface area (Å²) in [5, 5.41) is 13.8. The molecule has 1 aromatic heterocycles. The zero-order valence-corrected chi connectivity index (χ0v) is 17.6. The van der Waals surface area contributed by atoms with Crippen molar-refractivity contribution >= 4 is 16.8 Å². The first-order valence-electron chi connectivity index (χ1n) is 10.8. The SMILES string of the molecule is O=C(NCCc1c(CCCO)n(Cc2ccccc2)c2ccccc12)c1ccccc1. The molecule has 4 heteroatoms. The average molecular weight is 413 g/mol. The highest BCUT2D eigenvalue weighted by Crippen LogP contribution is 2.29. The molecule has 0 unspecified atom stereocenters. The van der Waals surface area contributed by atoms with Gasteiger partial charge in [0.25, 0.3) is 5.91 Å². The molecule has 4 nitrogen and oxygen atoms in total. The van der Waals surface area contributed by atoms with Crippen molar-refractivity contribution < 1.29 is 9.90 Å². The fourth-order valence-electron chi connectivity index (χ4n) is 4.18. The van der Waals surface area contributed by atoms with Gasteiger partial charge in [0, 0.05) is 41.9 Å². The largest absolute Gasteiger partial charge is 0.396 e. The van der Waals surface area contributed by atoms with E-state index in [-0.39, 0.29) is 12.5 Å². The number of aliphatic hydroxyl groups excluding tert-OH is 1. The van der Waals surface area contributed by atoms with Crippen LogP contribution in [0.2, 0.25) is 0 Å². The topological polar surface area (TPSA) is 54.3 Å². The molecule has 31 heavy (non-hydrogen) atoms. The Bertz CT molecular complexity index is 1130. The lowest BCUT2D eigenvalue weighted by atomic mass is 10.0. The maximum absolute atomic E-state index is 12.5. The van der Waals surface area contributed by atoms with E-state index in [2.05, 4.69) is 58.4 Å². The average Bonchev–Trinajstić information content (AvgIpc) is 3.11. The molecule has 0 spiro atoms. The lowest BCUT2D eigenvalue weighted by Crippen LogP contribution is -2.25. The Kier molecular flexibility index (Phi) is 6.80. The van der Waals surface area contributed by atoms with E-state index in [9.17, 15) is 9.90 Å². The van der Waals surface area contributed by atoms with E-state index in [0.29, 0.717) is 18.5 Å². The van der Waals surface area contributed by atoms with Crippen molar-refractivity contribution in [1.29, 1.82) is 0 Å². The number of hydrogen-bond acceptors (Lipinski definition) is 2. The molecule has 0 bridgehead atoms. The molecule has 0 aliphatic carbocycles. The molecule has 4 aromatic rings. The summed E-state index contributed by atoms with van der Waals surface area (Å²) in [5.41, 5.74) is 5.62. The summed E-state index contributed by atoms with van der Waals surface area (Å²) in [7, 11) is 0. The van der Waals surface area contributed by atoms with Crippen molar-refractivity contribution in [3.8, 4) is 0 Å². The Morgan fingerprint density at radius 2 is 1.52 bits per heavy atom. The molecule has 0 radical (unpaired) electrons. The summed E-state index contributed by atoms with van der Waals surface area (Å²) in [6.07, 6.45) is 2.27. The number of carbonyl (C=O) groups excluding carboxylic acids is 1. The maximum Gasteiger partial charge on any atom is 0.251 e. The van der Waals surface area contributed by atoms with E-state index in [1.54, 1.807) is 0 Å². The molecular weight excluding hydrogens is 384 g/mol. The molecule has 158 valence electrons. The van der Waals surface area contributed by atoms with Crippen molar-refractivity contribution in [2.75, 3.05) is 13.2 Å². The van der Waals surface area contributed by atoms with Crippen molar-refractivity contribution in [3.05, 3.63) is 107 Å². The molecule has 2 N–H and O–H groups in total. The molecule has 0 atom stereocenters. The minimum absolute atomic E-state index is 0.0504. The minimum Gasteiger partial charge on any atom is -0.396 e. The molecule has 0 aliphatic rings. The summed E-state index contributed by atoms with van der Waals surface area (Å²) in [4.78, 5) is 12.5. The quantitative estimate of drug-likeness (QED) is 0.423. The zero-order chi connectivity index (χ0) is 21.5. The van der Waals surface area contributed by atoms with E-state index in [0.717, 1.165) is 19.4 Å². The lowest BCUT2D eigenvalue weighted by molar-refractivity contribution is 0.0954. The Balaban J connectivity index is 1.62. The van der Waals surface area contributed by atoms with Crippen molar-refractivity contribution in [2.45, 2.75) is 25.8 Å². The lowest BCUT2D eigenvalue weighted by Gasteiger charge is -2.13. The van der Waals surface area contributed by atoms with Crippen molar-refractivity contribution in [1.82, 2.24) is 9.88 Å². The third-order valence-corrected chi connectivity index (χ3v) is 5.65. The predicted molar refractivity (Wildman–Crippen MR) is 125 cm³/mol. The summed E-state index contributed by atoms with van der Waals surface area (Å²) < 4.78 is 2.37. The van der Waals surface area contributed by atoms with Crippen LogP contribution >= 0.6 is 0 Å². The Morgan fingerprint density at radius 1 is 0.839 bits per heavy atom. The number of hydrogen-bond donors (Lipinski definition) is 2. The van der Waals surface area contributed by atoms with Gasteiger partial charge in [0.2, 0.25) is 0 Å². The third-order valence-electron chi connectivity index (χ3n) is 5.65. The van der Waals surface area contributed by atoms with Gasteiger partial charge in [-0.2, -0.15) is 0 Å². The van der Waals surface area contributed by atoms with Gasteiger partial charge in [-0.3, -0.25) is 4.79 Å². The Morgan fingerprint density at radius 3 is 2.26 bits per heavy atom. The zero-order valence-electron chi connectivity index (χ0n) is 17.6. The van der Waals surface area contributed by atoms with Gasteiger partial charge in [-0.1, -0.05) is 66.7 Å². The van der Waals surface area contributed by atoms with Crippen molar-refractivity contribution in [3.63, 3.8) is 0 Å². The number of aliphatic hydroxyl groups is 1. The van der Waals surface area contributed by atoms with Crippen LogP contribution in [0.4, 0.5) is 0 Å². The number of aromatic nitrogens is 1. The molecule has 1 heterocycles.